The summed E-state index contributed by atoms with van der Waals surface area (Å²) in [6, 6.07) is 11.5. The molecule has 1 aromatic heterocycles. The van der Waals surface area contributed by atoms with Gasteiger partial charge >= 0.3 is 0 Å². The highest BCUT2D eigenvalue weighted by Crippen LogP contribution is 2.31. The number of ether oxygens (including phenoxy) is 2. The second kappa shape index (κ2) is 9.64. The van der Waals surface area contributed by atoms with Crippen LogP contribution in [0.2, 0.25) is 5.02 Å². The van der Waals surface area contributed by atoms with Crippen LogP contribution in [-0.4, -0.2) is 51.5 Å². The summed E-state index contributed by atoms with van der Waals surface area (Å²) < 4.78 is 11.8. The third kappa shape index (κ3) is 5.13. The number of halogens is 1. The van der Waals surface area contributed by atoms with Crippen LogP contribution in [0, 0.1) is 0 Å². The van der Waals surface area contributed by atoms with Crippen LogP contribution in [0.1, 0.15) is 25.8 Å². The molecule has 2 atom stereocenters. The molecule has 2 aliphatic heterocycles. The maximum absolute atomic E-state index is 9.98. The van der Waals surface area contributed by atoms with Crippen LogP contribution in [-0.2, 0) is 11.2 Å². The lowest BCUT2D eigenvalue weighted by molar-refractivity contribution is -0.0207. The molecule has 2 N–H and O–H groups in total. The molecule has 180 valence electrons. The molecule has 3 aromatic rings. The first-order valence-electron chi connectivity index (χ1n) is 11.4. The number of allylic oxidation sites excluding steroid dienone is 1. The molecule has 0 saturated heterocycles. The Balaban J connectivity index is 1.32. The summed E-state index contributed by atoms with van der Waals surface area (Å²) >= 11 is 6.47. The molecule has 0 unspecified atom stereocenters. The number of nitrogens with one attached hydrogen (secondary N) is 1. The van der Waals surface area contributed by atoms with E-state index < -0.39 is 11.7 Å². The van der Waals surface area contributed by atoms with Crippen LogP contribution < -0.4 is 10.1 Å². The van der Waals surface area contributed by atoms with Gasteiger partial charge in [-0.2, -0.15) is 0 Å². The highest BCUT2D eigenvalue weighted by Gasteiger charge is 2.37. The zero-order valence-corrected chi connectivity index (χ0v) is 20.3. The minimum Gasteiger partial charge on any atom is -0.486 e. The quantitative estimate of drug-likeness (QED) is 0.466. The summed E-state index contributed by atoms with van der Waals surface area (Å²) in [5.41, 5.74) is 2.89. The minimum absolute atomic E-state index is 0.407. The number of hydrogen-bond acceptors (Lipinski definition) is 8. The van der Waals surface area contributed by atoms with E-state index >= 15 is 0 Å². The summed E-state index contributed by atoms with van der Waals surface area (Å²) in [6.45, 7) is 4.43. The topological polar surface area (TPSA) is 101 Å². The summed E-state index contributed by atoms with van der Waals surface area (Å²) in [7, 11) is 0. The Morgan fingerprint density at radius 3 is 2.86 bits per heavy atom. The van der Waals surface area contributed by atoms with E-state index in [0.717, 1.165) is 34.3 Å². The van der Waals surface area contributed by atoms with Gasteiger partial charge in [-0.1, -0.05) is 23.7 Å². The number of fused-ring (bicyclic) bond motifs is 1. The molecule has 35 heavy (non-hydrogen) atoms. The smallest absolute Gasteiger partial charge is 0.188 e. The summed E-state index contributed by atoms with van der Waals surface area (Å²) in [6.07, 6.45) is 6.02. The number of nitrogens with zero attached hydrogens (tertiary/aromatic N) is 4. The zero-order chi connectivity index (χ0) is 24.4. The van der Waals surface area contributed by atoms with Crippen molar-refractivity contribution >= 4 is 45.6 Å². The number of aromatic nitrogens is 2. The Morgan fingerprint density at radius 1 is 1.23 bits per heavy atom. The van der Waals surface area contributed by atoms with Gasteiger partial charge in [0.1, 0.15) is 24.5 Å². The SMILES string of the molecule is C[C@H](O)[C@]1(C)CN=C(Cc2ccc3ncnc(Nc4ccc(OCC5=NC=CC5)c(Cl)c4)c3c2)O1. The number of rotatable bonds is 8. The molecule has 0 spiro atoms. The van der Waals surface area contributed by atoms with Gasteiger partial charge in [0.15, 0.2) is 11.5 Å². The predicted octanol–water partition coefficient (Wildman–Crippen LogP) is 4.87. The second-order valence-electron chi connectivity index (χ2n) is 8.89. The van der Waals surface area contributed by atoms with Gasteiger partial charge in [0, 0.05) is 30.1 Å². The number of aliphatic hydroxyl groups excluding tert-OH is 1. The van der Waals surface area contributed by atoms with Crippen molar-refractivity contribution in [3.8, 4) is 5.75 Å². The molecule has 2 aliphatic rings. The average molecular weight is 492 g/mol. The van der Waals surface area contributed by atoms with E-state index in [0.29, 0.717) is 42.1 Å². The number of benzene rings is 2. The Kier molecular flexibility index (Phi) is 6.40. The Morgan fingerprint density at radius 2 is 2.11 bits per heavy atom. The lowest BCUT2D eigenvalue weighted by atomic mass is 10.0. The number of anilines is 2. The van der Waals surface area contributed by atoms with E-state index in [2.05, 4.69) is 25.3 Å². The van der Waals surface area contributed by atoms with Gasteiger partial charge in [-0.15, -0.1) is 0 Å². The molecule has 0 bridgehead atoms. The lowest BCUT2D eigenvalue weighted by Gasteiger charge is -2.26. The molecule has 0 saturated carbocycles. The molecule has 3 heterocycles. The van der Waals surface area contributed by atoms with Crippen LogP contribution in [0.4, 0.5) is 11.5 Å². The Labute approximate surface area is 208 Å². The summed E-state index contributed by atoms with van der Waals surface area (Å²) in [5.74, 6) is 1.88. The molecule has 0 aliphatic carbocycles. The average Bonchev–Trinajstić information content (AvgIpc) is 3.49. The van der Waals surface area contributed by atoms with Gasteiger partial charge in [0.05, 0.1) is 28.9 Å². The normalized spacial score (nSPS) is 19.9. The first-order chi connectivity index (χ1) is 16.9. The van der Waals surface area contributed by atoms with Gasteiger partial charge in [0.2, 0.25) is 0 Å². The van der Waals surface area contributed by atoms with Gasteiger partial charge in [-0.3, -0.25) is 9.98 Å². The monoisotopic (exact) mass is 491 g/mol. The lowest BCUT2D eigenvalue weighted by Crippen LogP contribution is -2.41. The van der Waals surface area contributed by atoms with Crippen molar-refractivity contribution < 1.29 is 14.6 Å². The molecule has 0 amide bonds. The van der Waals surface area contributed by atoms with Gasteiger partial charge < -0.3 is 19.9 Å². The minimum atomic E-state index is -0.682. The van der Waals surface area contributed by atoms with E-state index in [-0.39, 0.29) is 0 Å². The Bertz CT molecular complexity index is 1350. The Hall–Kier alpha value is -3.49. The molecular formula is C26H26ClN5O3. The van der Waals surface area contributed by atoms with E-state index in [1.54, 1.807) is 19.2 Å². The van der Waals surface area contributed by atoms with Crippen LogP contribution in [0.3, 0.4) is 0 Å². The van der Waals surface area contributed by atoms with Crippen molar-refractivity contribution in [1.82, 2.24) is 9.97 Å². The van der Waals surface area contributed by atoms with Crippen LogP contribution in [0.25, 0.3) is 10.9 Å². The molecule has 8 nitrogen and oxygen atoms in total. The first kappa shape index (κ1) is 23.3. The number of aliphatic hydroxyl groups is 1. The highest BCUT2D eigenvalue weighted by molar-refractivity contribution is 6.32. The maximum Gasteiger partial charge on any atom is 0.188 e. The van der Waals surface area contributed by atoms with Crippen LogP contribution >= 0.6 is 11.6 Å². The fourth-order valence-electron chi connectivity index (χ4n) is 3.87. The molecular weight excluding hydrogens is 466 g/mol. The van der Waals surface area contributed by atoms with E-state index in [9.17, 15) is 5.11 Å². The summed E-state index contributed by atoms with van der Waals surface area (Å²) in [5, 5.41) is 14.7. The number of aliphatic imine (C=N–C) groups is 2. The predicted molar refractivity (Wildman–Crippen MR) is 138 cm³/mol. The largest absolute Gasteiger partial charge is 0.486 e. The third-order valence-corrected chi connectivity index (χ3v) is 6.46. The van der Waals surface area contributed by atoms with Gasteiger partial charge in [0.25, 0.3) is 0 Å². The van der Waals surface area contributed by atoms with E-state index in [1.807, 2.05) is 43.3 Å². The van der Waals surface area contributed by atoms with Crippen molar-refractivity contribution in [2.75, 3.05) is 18.5 Å². The van der Waals surface area contributed by atoms with Gasteiger partial charge in [-0.05, 0) is 49.7 Å². The van der Waals surface area contributed by atoms with Crippen LogP contribution in [0.5, 0.6) is 5.75 Å². The van der Waals surface area contributed by atoms with Crippen molar-refractivity contribution in [2.24, 2.45) is 9.98 Å². The first-order valence-corrected chi connectivity index (χ1v) is 11.8. The maximum atomic E-state index is 9.98. The molecule has 0 fully saturated rings. The van der Waals surface area contributed by atoms with Gasteiger partial charge in [-0.25, -0.2) is 9.97 Å². The molecule has 0 radical (unpaired) electrons. The number of hydrogen-bond donors (Lipinski definition) is 2. The highest BCUT2D eigenvalue weighted by atomic mass is 35.5. The van der Waals surface area contributed by atoms with E-state index in [1.165, 1.54) is 6.33 Å². The van der Waals surface area contributed by atoms with Crippen molar-refractivity contribution in [2.45, 2.75) is 38.4 Å². The van der Waals surface area contributed by atoms with Crippen molar-refractivity contribution in [3.05, 3.63) is 65.6 Å². The second-order valence-corrected chi connectivity index (χ2v) is 9.30. The van der Waals surface area contributed by atoms with Crippen molar-refractivity contribution in [1.29, 1.82) is 0 Å². The fourth-order valence-corrected chi connectivity index (χ4v) is 4.10. The molecule has 2 aromatic carbocycles. The molecule has 5 rings (SSSR count). The standard InChI is InChI=1S/C26H26ClN5O3/c1-16(33)26(2)14-29-24(35-26)11-17-5-7-22-20(10-17)25(31-15-30-22)32-18-6-8-23(21(27)12-18)34-13-19-4-3-9-28-19/h3,5-10,12,15-16,33H,4,11,13-14H2,1-2H3,(H,30,31,32)/t16-,26-/m0/s1. The van der Waals surface area contributed by atoms with E-state index in [4.69, 9.17) is 21.1 Å². The fraction of sp³-hybridized carbons (Fsp3) is 0.308. The van der Waals surface area contributed by atoms with Crippen LogP contribution in [0.15, 0.2) is 65.0 Å². The molecule has 9 heteroatoms. The summed E-state index contributed by atoms with van der Waals surface area (Å²) in [4.78, 5) is 17.6. The van der Waals surface area contributed by atoms with Crippen molar-refractivity contribution in [3.63, 3.8) is 0 Å². The zero-order valence-electron chi connectivity index (χ0n) is 19.5. The third-order valence-electron chi connectivity index (χ3n) is 6.16.